The Hall–Kier alpha value is -1.77. The number of thioether (sulfide) groups is 1. The van der Waals surface area contributed by atoms with Gasteiger partial charge in [0.2, 0.25) is 11.8 Å². The predicted octanol–water partition coefficient (Wildman–Crippen LogP) is 3.70. The van der Waals surface area contributed by atoms with Crippen molar-refractivity contribution in [2.45, 2.75) is 62.0 Å². The van der Waals surface area contributed by atoms with Crippen molar-refractivity contribution in [1.82, 2.24) is 20.1 Å². The van der Waals surface area contributed by atoms with Crippen LogP contribution < -0.4 is 11.1 Å². The molecule has 2 aromatic rings. The van der Waals surface area contributed by atoms with Gasteiger partial charge in [-0.2, -0.15) is 0 Å². The number of rotatable bonds is 9. The zero-order valence-corrected chi connectivity index (χ0v) is 18.5. The van der Waals surface area contributed by atoms with Crippen LogP contribution in [0, 0.1) is 0 Å². The number of hydrogen-bond donors (Lipinski definition) is 2. The fourth-order valence-electron chi connectivity index (χ4n) is 2.97. The van der Waals surface area contributed by atoms with Gasteiger partial charge in [0.15, 0.2) is 5.16 Å². The van der Waals surface area contributed by atoms with Crippen LogP contribution in [0.2, 0.25) is 10.0 Å². The van der Waals surface area contributed by atoms with Gasteiger partial charge in [-0.3, -0.25) is 9.59 Å². The van der Waals surface area contributed by atoms with E-state index in [0.29, 0.717) is 27.7 Å². The molecular weight excluding hydrogens is 433 g/mol. The Balaban J connectivity index is 1.65. The largest absolute Gasteiger partial charge is 0.370 e. The van der Waals surface area contributed by atoms with Crippen molar-refractivity contribution in [3.63, 3.8) is 0 Å². The number of halogens is 2. The summed E-state index contributed by atoms with van der Waals surface area (Å²) >= 11 is 13.5. The molecule has 1 heterocycles. The highest BCUT2D eigenvalue weighted by Crippen LogP contribution is 2.39. The molecule has 0 unspecified atom stereocenters. The monoisotopic (exact) mass is 455 g/mol. The molecule has 7 nitrogen and oxygen atoms in total. The van der Waals surface area contributed by atoms with Crippen LogP contribution in [0.3, 0.4) is 0 Å². The number of hydrogen-bond acceptors (Lipinski definition) is 5. The number of benzene rings is 1. The maximum Gasteiger partial charge on any atom is 0.233 e. The lowest BCUT2D eigenvalue weighted by molar-refractivity contribution is -0.121. The van der Waals surface area contributed by atoms with Gasteiger partial charge >= 0.3 is 0 Å². The summed E-state index contributed by atoms with van der Waals surface area (Å²) in [5.41, 5.74) is 6.05. The quantitative estimate of drug-likeness (QED) is 0.561. The molecule has 1 aliphatic carbocycles. The Kier molecular flexibility index (Phi) is 7.08. The molecule has 0 radical (unpaired) electrons. The predicted molar refractivity (Wildman–Crippen MR) is 114 cm³/mol. The summed E-state index contributed by atoms with van der Waals surface area (Å²) in [5.74, 6) is 0.243. The van der Waals surface area contributed by atoms with Crippen molar-refractivity contribution >= 4 is 46.8 Å². The topological polar surface area (TPSA) is 103 Å². The molecule has 1 aliphatic rings. The number of aryl methyl sites for hydroxylation is 1. The summed E-state index contributed by atoms with van der Waals surface area (Å²) < 4.78 is 2.04. The lowest BCUT2D eigenvalue weighted by atomic mass is 10.1. The fraction of sp³-hybridized carbons (Fsp3) is 0.474. The highest BCUT2D eigenvalue weighted by atomic mass is 35.5. The molecule has 0 saturated heterocycles. The Morgan fingerprint density at radius 2 is 2.03 bits per heavy atom. The molecule has 29 heavy (non-hydrogen) atoms. The Labute approximate surface area is 183 Å². The molecule has 3 rings (SSSR count). The van der Waals surface area contributed by atoms with Gasteiger partial charge in [-0.25, -0.2) is 0 Å². The van der Waals surface area contributed by atoms with Crippen molar-refractivity contribution in [1.29, 1.82) is 0 Å². The molecule has 3 N–H and O–H groups in total. The van der Waals surface area contributed by atoms with E-state index in [1.165, 1.54) is 11.8 Å². The maximum atomic E-state index is 12.7. The second kappa shape index (κ2) is 9.36. The number of aromatic nitrogens is 3. The summed E-state index contributed by atoms with van der Waals surface area (Å²) in [7, 11) is 0. The molecule has 156 valence electrons. The number of carbonyl (C=O) groups is 2. The van der Waals surface area contributed by atoms with E-state index < -0.39 is 0 Å². The SMILES string of the molecule is C[C@H](NC(=O)[C@@H](C)Sc1nnc(CCC(N)=O)n1C1CC1)c1ccc(Cl)cc1Cl. The Bertz CT molecular complexity index is 916. The van der Waals surface area contributed by atoms with Gasteiger partial charge in [0.1, 0.15) is 5.82 Å². The minimum Gasteiger partial charge on any atom is -0.370 e. The third kappa shape index (κ3) is 5.65. The number of primary amides is 1. The van der Waals surface area contributed by atoms with E-state index >= 15 is 0 Å². The molecule has 0 aliphatic heterocycles. The van der Waals surface area contributed by atoms with Crippen molar-refractivity contribution in [2.24, 2.45) is 5.73 Å². The van der Waals surface area contributed by atoms with Crippen LogP contribution in [0.5, 0.6) is 0 Å². The van der Waals surface area contributed by atoms with E-state index in [0.717, 1.165) is 24.2 Å². The smallest absolute Gasteiger partial charge is 0.233 e. The van der Waals surface area contributed by atoms with Gasteiger partial charge in [-0.1, -0.05) is 41.0 Å². The molecule has 1 fully saturated rings. The van der Waals surface area contributed by atoms with Crippen molar-refractivity contribution < 1.29 is 9.59 Å². The maximum absolute atomic E-state index is 12.7. The second-order valence-corrected chi connectivity index (χ2v) is 9.27. The third-order valence-corrected chi connectivity index (χ3v) is 6.30. The van der Waals surface area contributed by atoms with Crippen LogP contribution in [0.25, 0.3) is 0 Å². The van der Waals surface area contributed by atoms with E-state index in [4.69, 9.17) is 28.9 Å². The highest BCUT2D eigenvalue weighted by Gasteiger charge is 2.31. The minimum absolute atomic E-state index is 0.127. The first-order valence-electron chi connectivity index (χ1n) is 9.40. The van der Waals surface area contributed by atoms with Crippen LogP contribution in [0.4, 0.5) is 0 Å². The number of amides is 2. The standard InChI is InChI=1S/C19H23Cl2N5O2S/c1-10(14-6-3-12(20)9-15(14)21)23-18(28)11(2)29-19-25-24-17(8-7-16(22)27)26(19)13-4-5-13/h3,6,9-11,13H,4-5,7-8H2,1-2H3,(H2,22,27)(H,23,28)/t10-,11+/m0/s1. The van der Waals surface area contributed by atoms with Crippen LogP contribution in [0.15, 0.2) is 23.4 Å². The molecule has 1 aromatic heterocycles. The molecule has 1 aromatic carbocycles. The summed E-state index contributed by atoms with van der Waals surface area (Å²) in [6.45, 7) is 3.70. The van der Waals surface area contributed by atoms with E-state index in [2.05, 4.69) is 15.5 Å². The van der Waals surface area contributed by atoms with Crippen LogP contribution in [-0.2, 0) is 16.0 Å². The first kappa shape index (κ1) is 21.9. The van der Waals surface area contributed by atoms with Crippen LogP contribution >= 0.6 is 35.0 Å². The molecule has 10 heteroatoms. The third-order valence-electron chi connectivity index (χ3n) is 4.68. The fourth-order valence-corrected chi connectivity index (χ4v) is 4.48. The molecule has 2 amide bonds. The zero-order chi connectivity index (χ0) is 21.1. The summed E-state index contributed by atoms with van der Waals surface area (Å²) in [6, 6.07) is 5.28. The van der Waals surface area contributed by atoms with Gasteiger partial charge in [-0.15, -0.1) is 10.2 Å². The van der Waals surface area contributed by atoms with Crippen LogP contribution in [0.1, 0.15) is 56.6 Å². The lowest BCUT2D eigenvalue weighted by Gasteiger charge is -2.19. The number of carbonyl (C=O) groups excluding carboxylic acids is 2. The number of nitrogens with two attached hydrogens (primary N) is 1. The van der Waals surface area contributed by atoms with Crippen molar-refractivity contribution in [3.05, 3.63) is 39.6 Å². The molecule has 1 saturated carbocycles. The molecule has 2 atom stereocenters. The molecule has 0 spiro atoms. The normalized spacial score (nSPS) is 15.7. The van der Waals surface area contributed by atoms with Gasteiger partial charge in [-0.05, 0) is 44.4 Å². The second-order valence-electron chi connectivity index (χ2n) is 7.12. The van der Waals surface area contributed by atoms with Crippen LogP contribution in [-0.4, -0.2) is 31.8 Å². The number of nitrogens with one attached hydrogen (secondary N) is 1. The summed E-state index contributed by atoms with van der Waals surface area (Å²) in [6.07, 6.45) is 2.76. The van der Waals surface area contributed by atoms with Gasteiger partial charge < -0.3 is 15.6 Å². The molecular formula is C19H23Cl2N5O2S. The van der Waals surface area contributed by atoms with Crippen molar-refractivity contribution in [2.75, 3.05) is 0 Å². The average Bonchev–Trinajstić information content (AvgIpc) is 3.40. The Morgan fingerprint density at radius 1 is 1.31 bits per heavy atom. The summed E-state index contributed by atoms with van der Waals surface area (Å²) in [5, 5.41) is 12.8. The Morgan fingerprint density at radius 3 is 2.66 bits per heavy atom. The summed E-state index contributed by atoms with van der Waals surface area (Å²) in [4.78, 5) is 23.8. The first-order valence-corrected chi connectivity index (χ1v) is 11.0. The van der Waals surface area contributed by atoms with Gasteiger partial charge in [0.05, 0.1) is 11.3 Å². The number of nitrogens with zero attached hydrogens (tertiary/aromatic N) is 3. The van der Waals surface area contributed by atoms with E-state index in [1.807, 2.05) is 24.5 Å². The van der Waals surface area contributed by atoms with Gasteiger partial charge in [0.25, 0.3) is 0 Å². The average molecular weight is 456 g/mol. The van der Waals surface area contributed by atoms with E-state index in [-0.39, 0.29) is 29.5 Å². The zero-order valence-electron chi connectivity index (χ0n) is 16.2. The van der Waals surface area contributed by atoms with E-state index in [1.54, 1.807) is 12.1 Å². The van der Waals surface area contributed by atoms with Crippen molar-refractivity contribution in [3.8, 4) is 0 Å². The molecule has 0 bridgehead atoms. The first-order chi connectivity index (χ1) is 13.8. The lowest BCUT2D eigenvalue weighted by Crippen LogP contribution is -2.33. The highest BCUT2D eigenvalue weighted by molar-refractivity contribution is 8.00. The van der Waals surface area contributed by atoms with E-state index in [9.17, 15) is 9.59 Å². The van der Waals surface area contributed by atoms with Gasteiger partial charge in [0, 0.05) is 28.9 Å². The minimum atomic E-state index is -0.380.